The third kappa shape index (κ3) is 6.10. The van der Waals surface area contributed by atoms with Crippen LogP contribution in [-0.4, -0.2) is 46.4 Å². The van der Waals surface area contributed by atoms with Gasteiger partial charge in [-0.15, -0.1) is 0 Å². The number of ether oxygens (including phenoxy) is 1. The van der Waals surface area contributed by atoms with Crippen LogP contribution in [0.15, 0.2) is 48.9 Å². The van der Waals surface area contributed by atoms with Gasteiger partial charge < -0.3 is 10.1 Å². The highest BCUT2D eigenvalue weighted by molar-refractivity contribution is 7.74. The van der Waals surface area contributed by atoms with Gasteiger partial charge in [-0.3, -0.25) is 9.78 Å². The zero-order valence-corrected chi connectivity index (χ0v) is 21.5. The van der Waals surface area contributed by atoms with Gasteiger partial charge in [0.05, 0.1) is 41.3 Å². The molecule has 35 heavy (non-hydrogen) atoms. The van der Waals surface area contributed by atoms with Crippen molar-refractivity contribution in [2.75, 3.05) is 16.2 Å². The van der Waals surface area contributed by atoms with E-state index in [4.69, 9.17) is 4.74 Å². The van der Waals surface area contributed by atoms with Crippen molar-refractivity contribution >= 4 is 28.4 Å². The molecule has 0 bridgehead atoms. The minimum absolute atomic E-state index is 0.0201. The third-order valence-electron chi connectivity index (χ3n) is 5.18. The lowest BCUT2D eigenvalue weighted by atomic mass is 9.88. The predicted molar refractivity (Wildman–Crippen MR) is 135 cm³/mol. The van der Waals surface area contributed by atoms with Crippen LogP contribution in [0.5, 0.6) is 5.88 Å². The lowest BCUT2D eigenvalue weighted by Crippen LogP contribution is -2.42. The number of rotatable bonds is 8. The van der Waals surface area contributed by atoms with E-state index < -0.39 is 21.8 Å². The van der Waals surface area contributed by atoms with Crippen LogP contribution in [0.25, 0.3) is 11.3 Å². The van der Waals surface area contributed by atoms with Crippen molar-refractivity contribution in [2.24, 2.45) is 0 Å². The number of nitrogens with one attached hydrogen (secondary N) is 1. The summed E-state index contributed by atoms with van der Waals surface area (Å²) >= 11 is 0. The molecule has 2 aromatic heterocycles. The summed E-state index contributed by atoms with van der Waals surface area (Å²) in [5, 5.41) is 2.90. The summed E-state index contributed by atoms with van der Waals surface area (Å²) < 4.78 is 30.2. The highest BCUT2D eigenvalue weighted by atomic mass is 32.2. The number of thiol groups is 1. The summed E-state index contributed by atoms with van der Waals surface area (Å²) in [6, 6.07) is 8.81. The SMILES string of the molecule is CCOc1cncc(-c2ccc(NC(=O)C(C)(C)c3ccnc(N([SH](=O)=O)C(C)(C)C)n3)cc2)n1. The molecule has 0 fully saturated rings. The number of hydrogen-bond acceptors (Lipinski definition) is 8. The molecule has 0 saturated heterocycles. The molecular weight excluding hydrogens is 468 g/mol. The van der Waals surface area contributed by atoms with Crippen molar-refractivity contribution in [3.8, 4) is 17.1 Å². The maximum absolute atomic E-state index is 13.2. The molecule has 0 aliphatic rings. The summed E-state index contributed by atoms with van der Waals surface area (Å²) in [5.41, 5.74) is 0.647. The van der Waals surface area contributed by atoms with Crippen LogP contribution in [-0.2, 0) is 21.1 Å². The van der Waals surface area contributed by atoms with Crippen LogP contribution < -0.4 is 14.4 Å². The first-order chi connectivity index (χ1) is 16.4. The average molecular weight is 499 g/mol. The maximum Gasteiger partial charge on any atom is 0.239 e. The van der Waals surface area contributed by atoms with Crippen molar-refractivity contribution in [3.05, 3.63) is 54.6 Å². The summed E-state index contributed by atoms with van der Waals surface area (Å²) in [5.74, 6) is 0.161. The van der Waals surface area contributed by atoms with E-state index in [1.165, 1.54) is 6.20 Å². The fourth-order valence-electron chi connectivity index (χ4n) is 3.25. The maximum atomic E-state index is 13.2. The molecule has 2 heterocycles. The van der Waals surface area contributed by atoms with E-state index >= 15 is 0 Å². The minimum atomic E-state index is -2.97. The van der Waals surface area contributed by atoms with Crippen molar-refractivity contribution in [1.82, 2.24) is 19.9 Å². The van der Waals surface area contributed by atoms with Crippen molar-refractivity contribution in [3.63, 3.8) is 0 Å². The number of aromatic nitrogens is 4. The lowest BCUT2D eigenvalue weighted by Gasteiger charge is -2.31. The van der Waals surface area contributed by atoms with Crippen LogP contribution in [0, 0.1) is 0 Å². The zero-order chi connectivity index (χ0) is 25.8. The Morgan fingerprint density at radius 3 is 2.31 bits per heavy atom. The molecule has 0 unspecified atom stereocenters. The largest absolute Gasteiger partial charge is 0.477 e. The number of hydrogen-bond donors (Lipinski definition) is 2. The Bertz CT molecular complexity index is 1260. The molecule has 0 aliphatic carbocycles. The van der Waals surface area contributed by atoms with Gasteiger partial charge in [0.1, 0.15) is 0 Å². The molecular formula is C24H30N6O4S. The average Bonchev–Trinajstić information content (AvgIpc) is 2.79. The first-order valence-corrected chi connectivity index (χ1v) is 12.2. The fourth-order valence-corrected chi connectivity index (χ4v) is 3.98. The zero-order valence-electron chi connectivity index (χ0n) is 20.6. The van der Waals surface area contributed by atoms with Crippen LogP contribution in [0.4, 0.5) is 11.6 Å². The van der Waals surface area contributed by atoms with Gasteiger partial charge in [-0.25, -0.2) is 27.7 Å². The second-order valence-corrected chi connectivity index (χ2v) is 10.2. The highest BCUT2D eigenvalue weighted by Crippen LogP contribution is 2.28. The van der Waals surface area contributed by atoms with Gasteiger partial charge in [0.25, 0.3) is 0 Å². The molecule has 1 N–H and O–H groups in total. The minimum Gasteiger partial charge on any atom is -0.477 e. The smallest absolute Gasteiger partial charge is 0.239 e. The standard InChI is InChI=1S/C24H30N6O4S/c1-7-34-20-15-25-14-18(28-20)16-8-10-17(11-9-16)27-21(31)24(5,6)19-12-13-26-22(29-19)30(35(32)33)23(2,3)4/h8-15,35H,7H2,1-6H3,(H,27,31). The molecule has 0 aliphatic heterocycles. The van der Waals surface area contributed by atoms with E-state index in [2.05, 4.69) is 25.3 Å². The van der Waals surface area contributed by atoms with Crippen molar-refractivity contribution in [1.29, 1.82) is 0 Å². The van der Waals surface area contributed by atoms with Crippen molar-refractivity contribution in [2.45, 2.75) is 52.5 Å². The molecule has 0 saturated carbocycles. The van der Waals surface area contributed by atoms with Gasteiger partial charge in [0.15, 0.2) is 0 Å². The van der Waals surface area contributed by atoms with Gasteiger partial charge in [-0.1, -0.05) is 12.1 Å². The second-order valence-electron chi connectivity index (χ2n) is 9.29. The highest BCUT2D eigenvalue weighted by Gasteiger charge is 2.34. The Balaban J connectivity index is 1.80. The predicted octanol–water partition coefficient (Wildman–Crippen LogP) is 3.38. The molecule has 3 aromatic rings. The molecule has 1 aromatic carbocycles. The quantitative estimate of drug-likeness (QED) is 0.453. The third-order valence-corrected chi connectivity index (χ3v) is 6.29. The Morgan fingerprint density at radius 1 is 1.03 bits per heavy atom. The van der Waals surface area contributed by atoms with Crippen LogP contribution in [0.2, 0.25) is 0 Å². The molecule has 0 atom stereocenters. The molecule has 0 spiro atoms. The number of benzene rings is 1. The van der Waals surface area contributed by atoms with Crippen LogP contribution in [0.3, 0.4) is 0 Å². The molecule has 0 radical (unpaired) electrons. The van der Waals surface area contributed by atoms with Gasteiger partial charge in [0.2, 0.25) is 28.6 Å². The molecule has 10 nitrogen and oxygen atoms in total. The monoisotopic (exact) mass is 498 g/mol. The Morgan fingerprint density at radius 2 is 1.71 bits per heavy atom. The number of anilines is 2. The molecule has 3 rings (SSSR count). The van der Waals surface area contributed by atoms with Crippen molar-refractivity contribution < 1.29 is 17.9 Å². The first kappa shape index (κ1) is 26.0. The lowest BCUT2D eigenvalue weighted by molar-refractivity contribution is -0.120. The summed E-state index contributed by atoms with van der Waals surface area (Å²) in [7, 11) is -2.97. The Labute approximate surface area is 206 Å². The second kappa shape index (κ2) is 10.3. The first-order valence-electron chi connectivity index (χ1n) is 11.1. The Hall–Kier alpha value is -3.60. The number of nitrogens with zero attached hydrogens (tertiary/aromatic N) is 5. The topological polar surface area (TPSA) is 127 Å². The fraction of sp³-hybridized carbons (Fsp3) is 0.375. The van der Waals surface area contributed by atoms with Gasteiger partial charge >= 0.3 is 0 Å². The summed E-state index contributed by atoms with van der Waals surface area (Å²) in [6.07, 6.45) is 4.65. The Kier molecular flexibility index (Phi) is 7.69. The normalized spacial score (nSPS) is 11.9. The van der Waals surface area contributed by atoms with E-state index in [1.54, 1.807) is 65.2 Å². The summed E-state index contributed by atoms with van der Waals surface area (Å²) in [6.45, 7) is 11.0. The van der Waals surface area contributed by atoms with E-state index in [-0.39, 0.29) is 11.9 Å². The van der Waals surface area contributed by atoms with Gasteiger partial charge in [0, 0.05) is 17.4 Å². The number of carbonyl (C=O) groups excluding carboxylic acids is 1. The van der Waals surface area contributed by atoms with Gasteiger partial charge in [-0.05, 0) is 59.7 Å². The molecule has 1 amide bonds. The molecule has 186 valence electrons. The molecule has 11 heteroatoms. The van der Waals surface area contributed by atoms with Gasteiger partial charge in [-0.2, -0.15) is 0 Å². The summed E-state index contributed by atoms with van der Waals surface area (Å²) in [4.78, 5) is 30.3. The van der Waals surface area contributed by atoms with E-state index in [9.17, 15) is 13.2 Å². The van der Waals surface area contributed by atoms with E-state index in [1.807, 2.05) is 19.1 Å². The van der Waals surface area contributed by atoms with Crippen LogP contribution >= 0.6 is 0 Å². The number of carbonyl (C=O) groups is 1. The van der Waals surface area contributed by atoms with E-state index in [0.717, 1.165) is 9.87 Å². The van der Waals surface area contributed by atoms with Crippen LogP contribution in [0.1, 0.15) is 47.2 Å². The van der Waals surface area contributed by atoms with E-state index in [0.29, 0.717) is 29.6 Å². The number of amides is 1.